The molecule has 0 unspecified atom stereocenters. The first-order chi connectivity index (χ1) is 17.5. The number of carbonyl (C=O) groups is 2. The van der Waals surface area contributed by atoms with Gasteiger partial charge in [0.25, 0.3) is 0 Å². The third-order valence-electron chi connectivity index (χ3n) is 5.65. The molecular weight excluding hydrogens is 483 g/mol. The normalized spacial score (nSPS) is 13.7. The van der Waals surface area contributed by atoms with Gasteiger partial charge in [0.1, 0.15) is 5.82 Å². The van der Waals surface area contributed by atoms with Crippen LogP contribution in [0.15, 0.2) is 70.4 Å². The van der Waals surface area contributed by atoms with Gasteiger partial charge in [-0.1, -0.05) is 23.9 Å². The molecule has 0 fully saturated rings. The van der Waals surface area contributed by atoms with Crippen LogP contribution in [0.3, 0.4) is 0 Å². The molecule has 3 heterocycles. The molecule has 3 amide bonds. The van der Waals surface area contributed by atoms with E-state index in [-0.39, 0.29) is 5.24 Å². The van der Waals surface area contributed by atoms with Gasteiger partial charge >= 0.3 is 11.3 Å². The third-order valence-corrected chi connectivity index (χ3v) is 6.53. The van der Waals surface area contributed by atoms with E-state index >= 15 is 0 Å². The molecule has 0 atom stereocenters. The second-order valence-corrected chi connectivity index (χ2v) is 9.07. The number of hydrogen-bond donors (Lipinski definition) is 2. The van der Waals surface area contributed by atoms with Gasteiger partial charge in [-0.2, -0.15) is 5.10 Å². The molecule has 2 aromatic heterocycles. The van der Waals surface area contributed by atoms with Crippen LogP contribution in [0.5, 0.6) is 0 Å². The molecule has 1 aliphatic heterocycles. The molecule has 5 rings (SSSR count). The number of urea groups is 1. The zero-order valence-corrected chi connectivity index (χ0v) is 20.2. The fraction of sp³-hybridized carbons (Fsp3) is 0.200. The van der Waals surface area contributed by atoms with Crippen LogP contribution in [0.2, 0.25) is 0 Å². The second-order valence-electron chi connectivity index (χ2n) is 8.14. The molecule has 2 aromatic carbocycles. The zero-order chi connectivity index (χ0) is 25.1. The van der Waals surface area contributed by atoms with E-state index in [1.807, 2.05) is 41.9 Å². The van der Waals surface area contributed by atoms with Crippen molar-refractivity contribution in [3.63, 3.8) is 0 Å². The van der Waals surface area contributed by atoms with Crippen molar-refractivity contribution in [1.82, 2.24) is 19.9 Å². The number of halogens is 1. The molecule has 184 valence electrons. The van der Waals surface area contributed by atoms with Crippen LogP contribution in [0.25, 0.3) is 22.6 Å². The summed E-state index contributed by atoms with van der Waals surface area (Å²) >= 11 is 1.19. The van der Waals surface area contributed by atoms with Gasteiger partial charge in [0.05, 0.1) is 23.0 Å². The molecule has 9 nitrogen and oxygen atoms in total. The topological polar surface area (TPSA) is 105 Å². The van der Waals surface area contributed by atoms with Gasteiger partial charge in [-0.3, -0.25) is 4.79 Å². The molecule has 0 saturated heterocycles. The quantitative estimate of drug-likeness (QED) is 0.341. The average Bonchev–Trinajstić information content (AvgIpc) is 3.51. The molecule has 11 heteroatoms. The number of rotatable bonds is 7. The van der Waals surface area contributed by atoms with E-state index in [0.717, 1.165) is 28.1 Å². The van der Waals surface area contributed by atoms with E-state index in [1.54, 1.807) is 12.3 Å². The average molecular weight is 507 g/mol. The number of aromatic nitrogens is 2. The Bertz CT molecular complexity index is 1450. The minimum atomic E-state index is -0.443. The highest BCUT2D eigenvalue weighted by Crippen LogP contribution is 2.26. The summed E-state index contributed by atoms with van der Waals surface area (Å²) in [6.07, 6.45) is 2.12. The summed E-state index contributed by atoms with van der Waals surface area (Å²) in [7, 11) is 1.94. The van der Waals surface area contributed by atoms with Crippen molar-refractivity contribution in [3.8, 4) is 11.6 Å². The summed E-state index contributed by atoms with van der Waals surface area (Å²) < 4.78 is 20.7. The minimum absolute atomic E-state index is 0.137. The smallest absolute Gasteiger partial charge is 0.319 e. The summed E-state index contributed by atoms with van der Waals surface area (Å²) in [4.78, 5) is 29.1. The van der Waals surface area contributed by atoms with Crippen LogP contribution in [-0.2, 0) is 7.05 Å². The van der Waals surface area contributed by atoms with Gasteiger partial charge in [0.2, 0.25) is 0 Å². The van der Waals surface area contributed by atoms with Crippen LogP contribution in [-0.4, -0.2) is 50.4 Å². The number of carbonyl (C=O) groups excluding carboxylic acids is 2. The number of furan rings is 1. The summed E-state index contributed by atoms with van der Waals surface area (Å²) in [5, 5.41) is 11.1. The van der Waals surface area contributed by atoms with E-state index in [9.17, 15) is 14.0 Å². The fourth-order valence-corrected chi connectivity index (χ4v) is 4.65. The Balaban J connectivity index is 1.22. The number of anilines is 1. The number of imidazole rings is 1. The van der Waals surface area contributed by atoms with Crippen molar-refractivity contribution in [1.29, 1.82) is 0 Å². The molecule has 2 N–H and O–H groups in total. The van der Waals surface area contributed by atoms with Crippen LogP contribution < -0.4 is 10.6 Å². The molecule has 36 heavy (non-hydrogen) atoms. The molecule has 0 aliphatic carbocycles. The minimum Gasteiger partial charge on any atom is -0.461 e. The van der Waals surface area contributed by atoms with E-state index in [1.165, 1.54) is 35.0 Å². The highest BCUT2D eigenvalue weighted by Gasteiger charge is 2.22. The fourth-order valence-electron chi connectivity index (χ4n) is 3.88. The number of aryl methyl sites for hydroxylation is 1. The van der Waals surface area contributed by atoms with Gasteiger partial charge in [-0.25, -0.2) is 19.2 Å². The third kappa shape index (κ3) is 5.10. The second kappa shape index (κ2) is 10.2. The summed E-state index contributed by atoms with van der Waals surface area (Å²) in [6, 6.07) is 14.8. The van der Waals surface area contributed by atoms with Crippen molar-refractivity contribution in [2.45, 2.75) is 6.42 Å². The first-order valence-electron chi connectivity index (χ1n) is 11.3. The van der Waals surface area contributed by atoms with Crippen molar-refractivity contribution in [2.24, 2.45) is 12.1 Å². The number of hydrazone groups is 1. The Kier molecular flexibility index (Phi) is 6.72. The lowest BCUT2D eigenvalue weighted by Crippen LogP contribution is -2.34. The number of amides is 3. The Hall–Kier alpha value is -4.12. The Morgan fingerprint density at radius 3 is 2.89 bits per heavy atom. The number of fused-ring (bicyclic) bond motifs is 1. The highest BCUT2D eigenvalue weighted by atomic mass is 32.2. The molecule has 0 spiro atoms. The van der Waals surface area contributed by atoms with Gasteiger partial charge in [0.15, 0.2) is 11.6 Å². The molecule has 0 radical (unpaired) electrons. The summed E-state index contributed by atoms with van der Waals surface area (Å²) in [5.74, 6) is 1.46. The standard InChI is InChI=1S/C25H23FN6O3S/c1-31-21-9-8-16(13-19(21)29-23(31)22-7-3-12-35-22)20-15-36-25(34)32(30-20)11-4-10-27-24(33)28-18-6-2-5-17(26)14-18/h2-3,5-9,12-14H,4,10-11,15H2,1H3,(H2,27,28,33). The highest BCUT2D eigenvalue weighted by molar-refractivity contribution is 8.14. The Morgan fingerprint density at radius 1 is 1.19 bits per heavy atom. The van der Waals surface area contributed by atoms with Crippen molar-refractivity contribution >= 4 is 45.5 Å². The van der Waals surface area contributed by atoms with Crippen LogP contribution in [0.1, 0.15) is 12.0 Å². The maximum absolute atomic E-state index is 13.2. The molecule has 1 aliphatic rings. The first-order valence-corrected chi connectivity index (χ1v) is 12.3. The van der Waals surface area contributed by atoms with E-state index < -0.39 is 11.8 Å². The Morgan fingerprint density at radius 2 is 2.08 bits per heavy atom. The lowest BCUT2D eigenvalue weighted by molar-refractivity contribution is 0.224. The van der Waals surface area contributed by atoms with Gasteiger partial charge in [-0.05, 0) is 48.9 Å². The molecule has 0 bridgehead atoms. The lowest BCUT2D eigenvalue weighted by Gasteiger charge is -2.23. The molecular formula is C25H23FN6O3S. The van der Waals surface area contributed by atoms with Gasteiger partial charge in [0, 0.05) is 37.1 Å². The largest absolute Gasteiger partial charge is 0.461 e. The number of nitrogens with one attached hydrogen (secondary N) is 2. The van der Waals surface area contributed by atoms with E-state index in [2.05, 4.69) is 15.7 Å². The zero-order valence-electron chi connectivity index (χ0n) is 19.4. The summed E-state index contributed by atoms with van der Waals surface area (Å²) in [6.45, 7) is 0.681. The summed E-state index contributed by atoms with van der Waals surface area (Å²) in [5.41, 5.74) is 3.81. The SMILES string of the molecule is Cn1c(-c2ccco2)nc2cc(C3=NN(CCCNC(=O)Nc4cccc(F)c4)C(=O)SC3)ccc21. The number of hydrogen-bond acceptors (Lipinski definition) is 6. The molecule has 0 saturated carbocycles. The van der Waals surface area contributed by atoms with Crippen molar-refractivity contribution in [3.05, 3.63) is 72.2 Å². The van der Waals surface area contributed by atoms with Crippen molar-refractivity contribution in [2.75, 3.05) is 24.2 Å². The van der Waals surface area contributed by atoms with E-state index in [4.69, 9.17) is 9.40 Å². The predicted molar refractivity (Wildman–Crippen MR) is 138 cm³/mol. The lowest BCUT2D eigenvalue weighted by atomic mass is 10.1. The number of thioether (sulfide) groups is 1. The van der Waals surface area contributed by atoms with E-state index in [0.29, 0.717) is 36.7 Å². The monoisotopic (exact) mass is 506 g/mol. The van der Waals surface area contributed by atoms with Crippen LogP contribution in [0.4, 0.5) is 19.7 Å². The maximum atomic E-state index is 13.2. The maximum Gasteiger partial charge on any atom is 0.319 e. The Labute approximate surface area is 210 Å². The van der Waals surface area contributed by atoms with Gasteiger partial charge < -0.3 is 19.6 Å². The van der Waals surface area contributed by atoms with Crippen LogP contribution in [0, 0.1) is 5.82 Å². The van der Waals surface area contributed by atoms with Crippen LogP contribution >= 0.6 is 11.8 Å². The predicted octanol–water partition coefficient (Wildman–Crippen LogP) is 5.06. The number of nitrogens with zero attached hydrogens (tertiary/aromatic N) is 4. The van der Waals surface area contributed by atoms with Crippen molar-refractivity contribution < 1.29 is 18.4 Å². The first kappa shape index (κ1) is 23.6. The molecule has 4 aromatic rings. The van der Waals surface area contributed by atoms with Gasteiger partial charge in [-0.15, -0.1) is 0 Å². The number of benzene rings is 2.